The zero-order valence-corrected chi connectivity index (χ0v) is 18.7. The molecule has 1 aromatic carbocycles. The minimum atomic E-state index is -3.12. The molecule has 1 aromatic heterocycles. The van der Waals surface area contributed by atoms with Crippen molar-refractivity contribution >= 4 is 26.5 Å². The minimum Gasteiger partial charge on any atom is -0.333 e. The van der Waals surface area contributed by atoms with E-state index in [1.807, 2.05) is 6.92 Å². The quantitative estimate of drug-likeness (QED) is 0.567. The van der Waals surface area contributed by atoms with Gasteiger partial charge in [0.15, 0.2) is 15.5 Å². The molecule has 0 spiro atoms. The number of carbonyl (C=O) groups excluding carboxylic acids is 1. The summed E-state index contributed by atoms with van der Waals surface area (Å²) >= 11 is 0. The molecule has 164 valence electrons. The second-order valence-electron chi connectivity index (χ2n) is 8.04. The second-order valence-corrected chi connectivity index (χ2v) is 10.3. The topological polar surface area (TPSA) is 89.3 Å². The first kappa shape index (κ1) is 22.5. The molecule has 0 saturated carbocycles. The Bertz CT molecular complexity index is 1060. The van der Waals surface area contributed by atoms with Gasteiger partial charge in [0, 0.05) is 24.5 Å². The van der Waals surface area contributed by atoms with Crippen LogP contribution in [-0.2, 0) is 16.4 Å². The molecule has 30 heavy (non-hydrogen) atoms. The summed E-state index contributed by atoms with van der Waals surface area (Å²) in [6.45, 7) is 5.08. The number of carbonyl (C=O) groups is 1. The summed E-state index contributed by atoms with van der Waals surface area (Å²) in [6.07, 6.45) is 4.95. The van der Waals surface area contributed by atoms with E-state index in [1.54, 1.807) is 29.2 Å². The van der Waals surface area contributed by atoms with Crippen molar-refractivity contribution < 1.29 is 13.2 Å². The highest BCUT2D eigenvalue weighted by molar-refractivity contribution is 7.91. The van der Waals surface area contributed by atoms with E-state index >= 15 is 0 Å². The van der Waals surface area contributed by atoms with Gasteiger partial charge >= 0.3 is 0 Å². The van der Waals surface area contributed by atoms with Crippen LogP contribution in [0.5, 0.6) is 0 Å². The van der Waals surface area contributed by atoms with E-state index in [9.17, 15) is 18.0 Å². The molecule has 0 bridgehead atoms. The molecule has 3 rings (SSSR count). The third kappa shape index (κ3) is 4.91. The van der Waals surface area contributed by atoms with Crippen LogP contribution in [-0.4, -0.2) is 53.1 Å². The highest BCUT2D eigenvalue weighted by atomic mass is 32.2. The molecule has 2 heterocycles. The lowest BCUT2D eigenvalue weighted by atomic mass is 10.1. The summed E-state index contributed by atoms with van der Waals surface area (Å²) in [5.41, 5.74) is 0.0453. The van der Waals surface area contributed by atoms with Crippen LogP contribution in [0.15, 0.2) is 29.1 Å². The molecular weight excluding hydrogens is 402 g/mol. The van der Waals surface area contributed by atoms with Crippen LogP contribution in [0.2, 0.25) is 0 Å². The number of fused-ring (bicyclic) bond motifs is 1. The Morgan fingerprint density at radius 1 is 1.13 bits per heavy atom. The van der Waals surface area contributed by atoms with Crippen molar-refractivity contribution in [1.82, 2.24) is 14.7 Å². The lowest BCUT2D eigenvalue weighted by Gasteiger charge is -2.28. The summed E-state index contributed by atoms with van der Waals surface area (Å²) < 4.78 is 25.5. The third-order valence-electron chi connectivity index (χ3n) is 5.71. The Morgan fingerprint density at radius 2 is 1.83 bits per heavy atom. The SMILES string of the molecule is CCCCCn1nc(C(=O)N(CCCC)C2CCS(=O)(=O)C2)c2ccccc2c1=O. The van der Waals surface area contributed by atoms with Gasteiger partial charge < -0.3 is 4.90 Å². The lowest BCUT2D eigenvalue weighted by Crippen LogP contribution is -2.43. The maximum Gasteiger partial charge on any atom is 0.275 e. The van der Waals surface area contributed by atoms with Crippen molar-refractivity contribution in [3.8, 4) is 0 Å². The fourth-order valence-corrected chi connectivity index (χ4v) is 5.72. The van der Waals surface area contributed by atoms with Gasteiger partial charge in [0.05, 0.1) is 16.9 Å². The molecule has 1 atom stereocenters. The molecule has 0 radical (unpaired) electrons. The lowest BCUT2D eigenvalue weighted by molar-refractivity contribution is 0.0687. The van der Waals surface area contributed by atoms with Gasteiger partial charge in [-0.15, -0.1) is 0 Å². The zero-order valence-electron chi connectivity index (χ0n) is 17.8. The zero-order chi connectivity index (χ0) is 21.7. The van der Waals surface area contributed by atoms with Crippen molar-refractivity contribution in [2.75, 3.05) is 18.1 Å². The first-order chi connectivity index (χ1) is 14.4. The fraction of sp³-hybridized carbons (Fsp3) is 0.591. The van der Waals surface area contributed by atoms with Crippen LogP contribution in [0.1, 0.15) is 62.9 Å². The van der Waals surface area contributed by atoms with Crippen LogP contribution in [0, 0.1) is 0 Å². The number of aromatic nitrogens is 2. The van der Waals surface area contributed by atoms with E-state index in [1.165, 1.54) is 4.68 Å². The number of amides is 1. The van der Waals surface area contributed by atoms with E-state index in [2.05, 4.69) is 12.0 Å². The van der Waals surface area contributed by atoms with Crippen LogP contribution < -0.4 is 5.56 Å². The Balaban J connectivity index is 2.04. The summed E-state index contributed by atoms with van der Waals surface area (Å²) in [5.74, 6) is -0.180. The van der Waals surface area contributed by atoms with Crippen LogP contribution >= 0.6 is 0 Å². The van der Waals surface area contributed by atoms with E-state index < -0.39 is 9.84 Å². The molecule has 1 unspecified atom stereocenters. The third-order valence-corrected chi connectivity index (χ3v) is 7.46. The summed E-state index contributed by atoms with van der Waals surface area (Å²) in [6, 6.07) is 6.71. The van der Waals surface area contributed by atoms with Crippen molar-refractivity contribution in [1.29, 1.82) is 0 Å². The van der Waals surface area contributed by atoms with Crippen LogP contribution in [0.3, 0.4) is 0 Å². The predicted octanol–water partition coefficient (Wildman–Crippen LogP) is 3.02. The fourth-order valence-electron chi connectivity index (χ4n) is 3.99. The number of hydrogen-bond donors (Lipinski definition) is 0. The van der Waals surface area contributed by atoms with Gasteiger partial charge in [-0.05, 0) is 25.3 Å². The number of aryl methyl sites for hydroxylation is 1. The number of rotatable bonds is 9. The highest BCUT2D eigenvalue weighted by Gasteiger charge is 2.35. The molecule has 1 aliphatic rings. The Labute approximate surface area is 178 Å². The van der Waals surface area contributed by atoms with Crippen molar-refractivity contribution in [2.45, 2.75) is 65.0 Å². The maximum atomic E-state index is 13.6. The molecule has 2 aromatic rings. The second kappa shape index (κ2) is 9.73. The molecule has 1 fully saturated rings. The monoisotopic (exact) mass is 433 g/mol. The number of sulfone groups is 1. The van der Waals surface area contributed by atoms with E-state index in [-0.39, 0.29) is 34.7 Å². The smallest absolute Gasteiger partial charge is 0.275 e. The van der Waals surface area contributed by atoms with Gasteiger partial charge in [0.2, 0.25) is 0 Å². The molecule has 1 aliphatic heterocycles. The molecule has 0 N–H and O–H groups in total. The average Bonchev–Trinajstić information content (AvgIpc) is 3.09. The Morgan fingerprint density at radius 3 is 2.47 bits per heavy atom. The number of hydrogen-bond acceptors (Lipinski definition) is 5. The number of unbranched alkanes of at least 4 members (excludes halogenated alkanes) is 3. The first-order valence-corrected chi connectivity index (χ1v) is 12.7. The average molecular weight is 434 g/mol. The van der Waals surface area contributed by atoms with Gasteiger partial charge in [-0.3, -0.25) is 9.59 Å². The van der Waals surface area contributed by atoms with Crippen molar-refractivity contribution in [3.05, 3.63) is 40.3 Å². The van der Waals surface area contributed by atoms with Gasteiger partial charge in [0.1, 0.15) is 0 Å². The molecule has 7 nitrogen and oxygen atoms in total. The normalized spacial score (nSPS) is 18.0. The van der Waals surface area contributed by atoms with Gasteiger partial charge in [-0.25, -0.2) is 13.1 Å². The molecule has 1 saturated heterocycles. The first-order valence-electron chi connectivity index (χ1n) is 10.9. The molecule has 1 amide bonds. The molecular formula is C22H31N3O4S. The van der Waals surface area contributed by atoms with E-state index in [4.69, 9.17) is 0 Å². The standard InChI is InChI=1S/C22H31N3O4S/c1-3-5-9-14-25-21(26)19-11-8-7-10-18(19)20(23-25)22(27)24(13-6-4-2)17-12-15-30(28,29)16-17/h7-8,10-11,17H,3-6,9,12-16H2,1-2H3. The largest absolute Gasteiger partial charge is 0.333 e. The van der Waals surface area contributed by atoms with E-state index in [0.717, 1.165) is 32.1 Å². The molecule has 0 aliphatic carbocycles. The highest BCUT2D eigenvalue weighted by Crippen LogP contribution is 2.23. The predicted molar refractivity (Wildman–Crippen MR) is 119 cm³/mol. The summed E-state index contributed by atoms with van der Waals surface area (Å²) in [5, 5.41) is 5.48. The van der Waals surface area contributed by atoms with E-state index in [0.29, 0.717) is 30.3 Å². The maximum absolute atomic E-state index is 13.6. The van der Waals surface area contributed by atoms with Crippen LogP contribution in [0.25, 0.3) is 10.8 Å². The van der Waals surface area contributed by atoms with Crippen LogP contribution in [0.4, 0.5) is 0 Å². The number of nitrogens with zero attached hydrogens (tertiary/aromatic N) is 3. The Kier molecular flexibility index (Phi) is 7.28. The van der Waals surface area contributed by atoms with Gasteiger partial charge in [-0.2, -0.15) is 5.10 Å². The minimum absolute atomic E-state index is 0.00345. The molecule has 8 heteroatoms. The number of benzene rings is 1. The van der Waals surface area contributed by atoms with Gasteiger partial charge in [0.25, 0.3) is 11.5 Å². The summed E-state index contributed by atoms with van der Waals surface area (Å²) in [4.78, 5) is 28.2. The Hall–Kier alpha value is -2.22. The van der Waals surface area contributed by atoms with Crippen molar-refractivity contribution in [3.63, 3.8) is 0 Å². The summed E-state index contributed by atoms with van der Waals surface area (Å²) in [7, 11) is -3.12. The van der Waals surface area contributed by atoms with Gasteiger partial charge in [-0.1, -0.05) is 51.3 Å². The van der Waals surface area contributed by atoms with Crippen molar-refractivity contribution in [2.24, 2.45) is 0 Å².